The minimum atomic E-state index is -1.33. The molecule has 1 unspecified atom stereocenters. The van der Waals surface area contributed by atoms with Crippen molar-refractivity contribution in [1.29, 1.82) is 0 Å². The molecule has 10 heteroatoms. The van der Waals surface area contributed by atoms with Gasteiger partial charge in [0.1, 0.15) is 10.8 Å². The average Bonchev–Trinajstić information content (AvgIpc) is 3.13. The Balaban J connectivity index is 1.45. The van der Waals surface area contributed by atoms with E-state index < -0.39 is 12.0 Å². The van der Waals surface area contributed by atoms with E-state index in [2.05, 4.69) is 25.7 Å². The molecule has 4 N–H and O–H groups in total. The summed E-state index contributed by atoms with van der Waals surface area (Å²) in [5.41, 5.74) is 6.83. The number of nitrogens with two attached hydrogens (primary N) is 1. The summed E-state index contributed by atoms with van der Waals surface area (Å²) in [5.74, 6) is -0.167. The van der Waals surface area contributed by atoms with Gasteiger partial charge in [0, 0.05) is 11.4 Å². The molecular formula is C18H19ClN6O2S. The Morgan fingerprint density at radius 1 is 1.14 bits per heavy atom. The molecule has 0 bridgehead atoms. The maximum atomic E-state index is 12.2. The van der Waals surface area contributed by atoms with Crippen LogP contribution in [0, 0.1) is 0 Å². The van der Waals surface area contributed by atoms with Crippen molar-refractivity contribution in [1.82, 2.24) is 20.4 Å². The van der Waals surface area contributed by atoms with E-state index in [0.717, 1.165) is 36.4 Å². The summed E-state index contributed by atoms with van der Waals surface area (Å²) in [6.07, 6.45) is 2.05. The highest BCUT2D eigenvalue weighted by Gasteiger charge is 2.19. The maximum Gasteiger partial charge on any atom is 0.259 e. The van der Waals surface area contributed by atoms with Gasteiger partial charge in [-0.2, -0.15) is 5.10 Å². The monoisotopic (exact) mass is 418 g/mol. The standard InChI is InChI=1S/C18H19ClN6O2S/c19-12-5-3-4-11(10-12)16(26)17(27)21-18-25-24-15(28-18)7-2-1-6-13-8-9-14(20)23-22-13/h3-5,8-10,16,26H,1-2,6-7H2,(H2,20,23)(H,21,25,27). The van der Waals surface area contributed by atoms with Crippen LogP contribution in [0.4, 0.5) is 10.9 Å². The molecule has 0 aliphatic heterocycles. The fraction of sp³-hybridized carbons (Fsp3) is 0.278. The zero-order chi connectivity index (χ0) is 19.9. The molecule has 2 aromatic heterocycles. The summed E-state index contributed by atoms with van der Waals surface area (Å²) < 4.78 is 0. The molecule has 146 valence electrons. The van der Waals surface area contributed by atoms with E-state index in [4.69, 9.17) is 17.3 Å². The topological polar surface area (TPSA) is 127 Å². The van der Waals surface area contributed by atoms with E-state index in [-0.39, 0.29) is 0 Å². The predicted octanol–water partition coefficient (Wildman–Crippen LogP) is 2.80. The first-order chi connectivity index (χ1) is 13.5. The minimum absolute atomic E-state index is 0.352. The van der Waals surface area contributed by atoms with Crippen LogP contribution in [0.5, 0.6) is 0 Å². The molecule has 0 spiro atoms. The number of aliphatic hydroxyl groups is 1. The molecule has 0 aliphatic carbocycles. The molecule has 28 heavy (non-hydrogen) atoms. The van der Waals surface area contributed by atoms with Gasteiger partial charge in [-0.1, -0.05) is 35.1 Å². The Bertz CT molecular complexity index is 934. The van der Waals surface area contributed by atoms with Crippen LogP contribution < -0.4 is 11.1 Å². The smallest absolute Gasteiger partial charge is 0.259 e. The molecule has 3 aromatic rings. The first-order valence-electron chi connectivity index (χ1n) is 8.66. The number of carbonyl (C=O) groups is 1. The van der Waals surface area contributed by atoms with Crippen LogP contribution in [-0.4, -0.2) is 31.4 Å². The van der Waals surface area contributed by atoms with Crippen molar-refractivity contribution >= 4 is 39.8 Å². The van der Waals surface area contributed by atoms with Gasteiger partial charge < -0.3 is 10.8 Å². The van der Waals surface area contributed by atoms with Gasteiger partial charge in [0.25, 0.3) is 5.91 Å². The number of aryl methyl sites for hydroxylation is 2. The van der Waals surface area contributed by atoms with Gasteiger partial charge in [-0.15, -0.1) is 15.3 Å². The van der Waals surface area contributed by atoms with Gasteiger partial charge in [-0.3, -0.25) is 10.1 Å². The second kappa shape index (κ2) is 9.54. The Morgan fingerprint density at radius 3 is 2.71 bits per heavy atom. The maximum absolute atomic E-state index is 12.2. The number of hydrogen-bond donors (Lipinski definition) is 3. The van der Waals surface area contributed by atoms with Gasteiger partial charge >= 0.3 is 0 Å². The van der Waals surface area contributed by atoms with E-state index >= 15 is 0 Å². The molecule has 0 fully saturated rings. The van der Waals surface area contributed by atoms with Crippen LogP contribution in [0.25, 0.3) is 0 Å². The van der Waals surface area contributed by atoms with Crippen molar-refractivity contribution in [3.63, 3.8) is 0 Å². The molecule has 0 aliphatic rings. The van der Waals surface area contributed by atoms with Crippen molar-refractivity contribution in [3.05, 3.63) is 57.7 Å². The van der Waals surface area contributed by atoms with Gasteiger partial charge in [-0.05, 0) is 49.1 Å². The number of nitrogens with one attached hydrogen (secondary N) is 1. The molecule has 2 heterocycles. The highest BCUT2D eigenvalue weighted by atomic mass is 35.5. The lowest BCUT2D eigenvalue weighted by Crippen LogP contribution is -2.20. The van der Waals surface area contributed by atoms with E-state index in [1.54, 1.807) is 30.3 Å². The molecule has 1 aromatic carbocycles. The highest BCUT2D eigenvalue weighted by molar-refractivity contribution is 7.15. The number of hydrogen-bond acceptors (Lipinski definition) is 8. The van der Waals surface area contributed by atoms with Gasteiger partial charge in [0.15, 0.2) is 6.10 Å². The molecule has 1 amide bonds. The molecule has 1 atom stereocenters. The summed E-state index contributed by atoms with van der Waals surface area (Å²) in [7, 11) is 0. The summed E-state index contributed by atoms with van der Waals surface area (Å²) in [6.45, 7) is 0. The number of unbranched alkanes of at least 4 members (excludes halogenated alkanes) is 1. The number of rotatable bonds is 8. The van der Waals surface area contributed by atoms with E-state index in [0.29, 0.717) is 21.5 Å². The Labute approximate surface area is 170 Å². The fourth-order valence-corrected chi connectivity index (χ4v) is 3.48. The summed E-state index contributed by atoms with van der Waals surface area (Å²) >= 11 is 7.18. The lowest BCUT2D eigenvalue weighted by atomic mass is 10.1. The minimum Gasteiger partial charge on any atom is -0.382 e. The van der Waals surface area contributed by atoms with E-state index in [9.17, 15) is 9.90 Å². The van der Waals surface area contributed by atoms with Crippen LogP contribution in [0.2, 0.25) is 5.02 Å². The number of amides is 1. The Morgan fingerprint density at radius 2 is 1.96 bits per heavy atom. The summed E-state index contributed by atoms with van der Waals surface area (Å²) in [6, 6.07) is 10.1. The molecule has 0 saturated carbocycles. The number of aliphatic hydroxyl groups excluding tert-OH is 1. The quantitative estimate of drug-likeness (QED) is 0.480. The Kier molecular flexibility index (Phi) is 6.85. The number of nitrogens with zero attached hydrogens (tertiary/aromatic N) is 4. The number of nitrogen functional groups attached to an aromatic ring is 1. The van der Waals surface area contributed by atoms with Crippen LogP contribution in [0.15, 0.2) is 36.4 Å². The van der Waals surface area contributed by atoms with Crippen LogP contribution >= 0.6 is 22.9 Å². The van der Waals surface area contributed by atoms with E-state index in [1.165, 1.54) is 11.3 Å². The number of anilines is 2. The second-order valence-corrected chi connectivity index (χ2v) is 7.60. The second-order valence-electron chi connectivity index (χ2n) is 6.10. The lowest BCUT2D eigenvalue weighted by Gasteiger charge is -2.09. The number of halogens is 1. The zero-order valence-electron chi connectivity index (χ0n) is 14.9. The van der Waals surface area contributed by atoms with Crippen molar-refractivity contribution in [2.24, 2.45) is 0 Å². The highest BCUT2D eigenvalue weighted by Crippen LogP contribution is 2.22. The van der Waals surface area contributed by atoms with Crippen LogP contribution in [0.1, 0.15) is 35.2 Å². The van der Waals surface area contributed by atoms with Gasteiger partial charge in [0.2, 0.25) is 5.13 Å². The average molecular weight is 419 g/mol. The molecule has 0 radical (unpaired) electrons. The third-order valence-electron chi connectivity index (χ3n) is 3.92. The summed E-state index contributed by atoms with van der Waals surface area (Å²) in [5, 5.41) is 30.2. The van der Waals surface area contributed by atoms with Crippen molar-refractivity contribution in [2.45, 2.75) is 31.8 Å². The number of benzene rings is 1. The first kappa shape index (κ1) is 20.1. The van der Waals surface area contributed by atoms with Crippen molar-refractivity contribution in [2.75, 3.05) is 11.1 Å². The lowest BCUT2D eigenvalue weighted by molar-refractivity contribution is -0.124. The van der Waals surface area contributed by atoms with Crippen LogP contribution in [0.3, 0.4) is 0 Å². The predicted molar refractivity (Wildman–Crippen MR) is 108 cm³/mol. The molecule has 8 nitrogen and oxygen atoms in total. The van der Waals surface area contributed by atoms with Crippen LogP contribution in [-0.2, 0) is 17.6 Å². The summed E-state index contributed by atoms with van der Waals surface area (Å²) in [4.78, 5) is 12.2. The van der Waals surface area contributed by atoms with Crippen molar-refractivity contribution < 1.29 is 9.90 Å². The fourth-order valence-electron chi connectivity index (χ4n) is 2.49. The largest absolute Gasteiger partial charge is 0.382 e. The van der Waals surface area contributed by atoms with Gasteiger partial charge in [0.05, 0.1) is 5.69 Å². The van der Waals surface area contributed by atoms with Crippen molar-refractivity contribution in [3.8, 4) is 0 Å². The number of aromatic nitrogens is 4. The molecular weight excluding hydrogens is 400 g/mol. The Hall–Kier alpha value is -2.62. The number of carbonyl (C=O) groups excluding carboxylic acids is 1. The zero-order valence-corrected chi connectivity index (χ0v) is 16.5. The third-order valence-corrected chi connectivity index (χ3v) is 5.06. The normalized spacial score (nSPS) is 11.9. The molecule has 3 rings (SSSR count). The SMILES string of the molecule is Nc1ccc(CCCCc2nnc(NC(=O)C(O)c3cccc(Cl)c3)s2)nn1. The molecule has 0 saturated heterocycles. The van der Waals surface area contributed by atoms with Gasteiger partial charge in [-0.25, -0.2) is 0 Å². The third kappa shape index (κ3) is 5.69. The first-order valence-corrected chi connectivity index (χ1v) is 9.85. The van der Waals surface area contributed by atoms with E-state index in [1.807, 2.05) is 6.07 Å².